The van der Waals surface area contributed by atoms with E-state index in [1.165, 1.54) is 0 Å². The Hall–Kier alpha value is -0.870. The van der Waals surface area contributed by atoms with E-state index in [4.69, 9.17) is 0 Å². The zero-order valence-corrected chi connectivity index (χ0v) is 12.8. The van der Waals surface area contributed by atoms with Crippen molar-refractivity contribution in [2.45, 2.75) is 37.3 Å². The topological polar surface area (TPSA) is 37.4 Å². The quantitative estimate of drug-likeness (QED) is 0.854. The number of benzene rings is 1. The predicted octanol–water partition coefficient (Wildman–Crippen LogP) is 2.58. The molecule has 1 saturated heterocycles. The zero-order valence-electron chi connectivity index (χ0n) is 12.0. The molecule has 0 aromatic heterocycles. The van der Waals surface area contributed by atoms with Gasteiger partial charge in [0.25, 0.3) is 0 Å². The molecule has 0 bridgehead atoms. The number of rotatable bonds is 3. The largest absolute Gasteiger partial charge is 0.301 e. The van der Waals surface area contributed by atoms with Crippen LogP contribution in [-0.4, -0.2) is 38.2 Å². The van der Waals surface area contributed by atoms with Crippen molar-refractivity contribution in [3.63, 3.8) is 0 Å². The van der Waals surface area contributed by atoms with Crippen molar-refractivity contribution in [1.29, 1.82) is 0 Å². The maximum Gasteiger partial charge on any atom is 0.182 e. The van der Waals surface area contributed by atoms with Crippen molar-refractivity contribution < 1.29 is 8.42 Å². The Morgan fingerprint density at radius 1 is 1.21 bits per heavy atom. The predicted molar refractivity (Wildman–Crippen MR) is 77.9 cm³/mol. The van der Waals surface area contributed by atoms with Crippen LogP contribution in [-0.2, 0) is 9.84 Å². The molecule has 0 radical (unpaired) electrons. The fourth-order valence-corrected chi connectivity index (χ4v) is 4.41. The van der Waals surface area contributed by atoms with E-state index in [9.17, 15) is 8.42 Å². The lowest BCUT2D eigenvalue weighted by atomic mass is 9.96. The van der Waals surface area contributed by atoms with E-state index < -0.39 is 9.84 Å². The van der Waals surface area contributed by atoms with Gasteiger partial charge in [-0.1, -0.05) is 39.0 Å². The molecule has 1 aliphatic heterocycles. The molecule has 1 aromatic rings. The molecular formula is C15H23NO2S. The van der Waals surface area contributed by atoms with Gasteiger partial charge in [-0.05, 0) is 30.5 Å². The van der Waals surface area contributed by atoms with Crippen LogP contribution in [0.5, 0.6) is 0 Å². The second-order valence-electron chi connectivity index (χ2n) is 6.56. The summed E-state index contributed by atoms with van der Waals surface area (Å²) in [6.07, 6.45) is 0.743. The highest BCUT2D eigenvalue weighted by molar-refractivity contribution is 7.92. The normalized spacial score (nSPS) is 21.7. The van der Waals surface area contributed by atoms with E-state index in [0.29, 0.717) is 11.4 Å². The second kappa shape index (κ2) is 5.25. The van der Waals surface area contributed by atoms with Crippen molar-refractivity contribution in [1.82, 2.24) is 4.90 Å². The summed E-state index contributed by atoms with van der Waals surface area (Å²) in [6, 6.07) is 8.81. The number of hydrogen-bond donors (Lipinski definition) is 0. The van der Waals surface area contributed by atoms with Gasteiger partial charge in [-0.3, -0.25) is 0 Å². The standard InChI is InChI=1S/C15H23NO2S/c1-15(2,3)12-16-10-9-14(11-16)19(17,18)13-7-5-4-6-8-13/h4-8,14H,9-12H2,1-3H3. The smallest absolute Gasteiger partial charge is 0.182 e. The number of likely N-dealkylation sites (tertiary alicyclic amines) is 1. The van der Waals surface area contributed by atoms with Gasteiger partial charge in [0.15, 0.2) is 9.84 Å². The van der Waals surface area contributed by atoms with Gasteiger partial charge in [0.05, 0.1) is 10.1 Å². The van der Waals surface area contributed by atoms with Crippen LogP contribution in [0, 0.1) is 5.41 Å². The molecule has 2 rings (SSSR count). The molecule has 106 valence electrons. The lowest BCUT2D eigenvalue weighted by molar-refractivity contribution is 0.227. The molecule has 0 spiro atoms. The van der Waals surface area contributed by atoms with Crippen LogP contribution < -0.4 is 0 Å². The van der Waals surface area contributed by atoms with Gasteiger partial charge in [0.2, 0.25) is 0 Å². The average molecular weight is 281 g/mol. The maximum atomic E-state index is 12.5. The summed E-state index contributed by atoms with van der Waals surface area (Å²) in [5.41, 5.74) is 0.214. The second-order valence-corrected chi connectivity index (χ2v) is 8.79. The average Bonchev–Trinajstić information content (AvgIpc) is 2.77. The van der Waals surface area contributed by atoms with Crippen LogP contribution in [0.25, 0.3) is 0 Å². The molecule has 1 aromatic carbocycles. The summed E-state index contributed by atoms with van der Waals surface area (Å²) in [7, 11) is -3.17. The van der Waals surface area contributed by atoms with Crippen molar-refractivity contribution in [3.8, 4) is 0 Å². The van der Waals surface area contributed by atoms with E-state index in [1.807, 2.05) is 6.07 Å². The minimum absolute atomic E-state index is 0.214. The summed E-state index contributed by atoms with van der Waals surface area (Å²) in [4.78, 5) is 2.73. The van der Waals surface area contributed by atoms with Gasteiger partial charge in [0.1, 0.15) is 0 Å². The van der Waals surface area contributed by atoms with E-state index >= 15 is 0 Å². The molecule has 3 nitrogen and oxygen atoms in total. The van der Waals surface area contributed by atoms with Crippen LogP contribution in [0.4, 0.5) is 0 Å². The van der Waals surface area contributed by atoms with Crippen LogP contribution in [0.15, 0.2) is 35.2 Å². The van der Waals surface area contributed by atoms with Crippen molar-refractivity contribution in [3.05, 3.63) is 30.3 Å². The summed E-state index contributed by atoms with van der Waals surface area (Å²) in [6.45, 7) is 9.06. The Morgan fingerprint density at radius 3 is 2.42 bits per heavy atom. The third-order valence-electron chi connectivity index (χ3n) is 3.44. The number of sulfone groups is 1. The minimum atomic E-state index is -3.17. The first-order valence-electron chi connectivity index (χ1n) is 6.80. The first kappa shape index (κ1) is 14.5. The van der Waals surface area contributed by atoms with Gasteiger partial charge in [-0.2, -0.15) is 0 Å². The molecule has 1 aliphatic rings. The van der Waals surface area contributed by atoms with Crippen LogP contribution in [0.3, 0.4) is 0 Å². The van der Waals surface area contributed by atoms with Crippen molar-refractivity contribution in [2.75, 3.05) is 19.6 Å². The molecule has 19 heavy (non-hydrogen) atoms. The zero-order chi connectivity index (χ0) is 14.1. The molecule has 0 amide bonds. The Morgan fingerprint density at radius 2 is 1.84 bits per heavy atom. The summed E-state index contributed by atoms with van der Waals surface area (Å²) < 4.78 is 25.0. The molecule has 0 aliphatic carbocycles. The molecule has 0 saturated carbocycles. The molecular weight excluding hydrogens is 258 g/mol. The first-order valence-corrected chi connectivity index (χ1v) is 8.35. The monoisotopic (exact) mass is 281 g/mol. The van der Waals surface area contributed by atoms with E-state index in [1.54, 1.807) is 24.3 Å². The Bertz CT molecular complexity index is 517. The number of nitrogens with zero attached hydrogens (tertiary/aromatic N) is 1. The minimum Gasteiger partial charge on any atom is -0.301 e. The van der Waals surface area contributed by atoms with Gasteiger partial charge in [-0.15, -0.1) is 0 Å². The third kappa shape index (κ3) is 3.57. The Labute approximate surface area is 116 Å². The lowest BCUT2D eigenvalue weighted by Gasteiger charge is -2.26. The summed E-state index contributed by atoms with van der Waals surface area (Å²) in [5.74, 6) is 0. The van der Waals surface area contributed by atoms with Gasteiger partial charge >= 0.3 is 0 Å². The van der Waals surface area contributed by atoms with E-state index in [0.717, 1.165) is 19.5 Å². The van der Waals surface area contributed by atoms with Crippen LogP contribution >= 0.6 is 0 Å². The van der Waals surface area contributed by atoms with Crippen molar-refractivity contribution in [2.24, 2.45) is 5.41 Å². The Balaban J connectivity index is 2.09. The summed E-state index contributed by atoms with van der Waals surface area (Å²) in [5, 5.41) is -0.253. The molecule has 1 unspecified atom stereocenters. The SMILES string of the molecule is CC(C)(C)CN1CCC(S(=O)(=O)c2ccccc2)C1. The molecule has 1 heterocycles. The fourth-order valence-electron chi connectivity index (χ4n) is 2.67. The molecule has 1 atom stereocenters. The van der Waals surface area contributed by atoms with Crippen LogP contribution in [0.2, 0.25) is 0 Å². The fraction of sp³-hybridized carbons (Fsp3) is 0.600. The molecule has 0 N–H and O–H groups in total. The maximum absolute atomic E-state index is 12.5. The van der Waals surface area contributed by atoms with Gasteiger partial charge < -0.3 is 4.90 Å². The van der Waals surface area contributed by atoms with Crippen molar-refractivity contribution >= 4 is 9.84 Å². The molecule has 4 heteroatoms. The Kier molecular flexibility index (Phi) is 4.02. The summed E-state index contributed by atoms with van der Waals surface area (Å²) >= 11 is 0. The lowest BCUT2D eigenvalue weighted by Crippen LogP contribution is -2.33. The van der Waals surface area contributed by atoms with E-state index in [2.05, 4.69) is 25.7 Å². The highest BCUT2D eigenvalue weighted by Gasteiger charge is 2.35. The van der Waals surface area contributed by atoms with E-state index in [-0.39, 0.29) is 10.7 Å². The third-order valence-corrected chi connectivity index (χ3v) is 5.63. The number of hydrogen-bond acceptors (Lipinski definition) is 3. The first-order chi connectivity index (χ1) is 8.79. The highest BCUT2D eigenvalue weighted by atomic mass is 32.2. The molecule has 1 fully saturated rings. The highest BCUT2D eigenvalue weighted by Crippen LogP contribution is 2.26. The van der Waals surface area contributed by atoms with Crippen LogP contribution in [0.1, 0.15) is 27.2 Å². The van der Waals surface area contributed by atoms with Gasteiger partial charge in [0, 0.05) is 13.1 Å². The van der Waals surface area contributed by atoms with Gasteiger partial charge in [-0.25, -0.2) is 8.42 Å².